The molecule has 42 heavy (non-hydrogen) atoms. The van der Waals surface area contributed by atoms with Gasteiger partial charge < -0.3 is 25.4 Å². The van der Waals surface area contributed by atoms with Crippen LogP contribution in [0.25, 0.3) is 0 Å². The molecule has 3 N–H and O–H groups in total. The number of hydrogen-bond donors (Lipinski definition) is 3. The SMILES string of the molecule is COC(=O)[C@H](Cc1ccc(NC(=O)Nc2c(Cl)cccc2Cl)cc1)NC(=O)[C@H]1CC[C@@](C)(C(=O)OC(C)(C)C)C1(C)C. The van der Waals surface area contributed by atoms with Crippen molar-refractivity contribution in [3.63, 3.8) is 0 Å². The maximum atomic E-state index is 13.5. The number of ether oxygens (including phenoxy) is 2. The van der Waals surface area contributed by atoms with Gasteiger partial charge in [-0.15, -0.1) is 0 Å². The summed E-state index contributed by atoms with van der Waals surface area (Å²) in [7, 11) is 1.26. The average molecular weight is 621 g/mol. The van der Waals surface area contributed by atoms with E-state index in [1.807, 2.05) is 41.5 Å². The summed E-state index contributed by atoms with van der Waals surface area (Å²) in [6, 6.07) is 10.2. The van der Waals surface area contributed by atoms with Gasteiger partial charge >= 0.3 is 18.0 Å². The number of para-hydroxylation sites is 1. The molecule has 1 aliphatic rings. The summed E-state index contributed by atoms with van der Waals surface area (Å²) in [5, 5.41) is 8.79. The van der Waals surface area contributed by atoms with Crippen molar-refractivity contribution < 1.29 is 28.7 Å². The smallest absolute Gasteiger partial charge is 0.328 e. The van der Waals surface area contributed by atoms with Gasteiger partial charge in [0.05, 0.1) is 28.3 Å². The van der Waals surface area contributed by atoms with Gasteiger partial charge in [-0.25, -0.2) is 9.59 Å². The van der Waals surface area contributed by atoms with E-state index >= 15 is 0 Å². The van der Waals surface area contributed by atoms with E-state index in [2.05, 4.69) is 16.0 Å². The number of urea groups is 1. The van der Waals surface area contributed by atoms with Gasteiger partial charge in [0.2, 0.25) is 5.91 Å². The molecule has 9 nitrogen and oxygen atoms in total. The molecular formula is C31H39Cl2N3O6. The number of halogens is 2. The highest BCUT2D eigenvalue weighted by atomic mass is 35.5. The van der Waals surface area contributed by atoms with Crippen molar-refractivity contribution in [1.82, 2.24) is 5.32 Å². The minimum Gasteiger partial charge on any atom is -0.467 e. The van der Waals surface area contributed by atoms with Gasteiger partial charge in [-0.2, -0.15) is 0 Å². The number of hydrogen-bond acceptors (Lipinski definition) is 6. The van der Waals surface area contributed by atoms with Crippen LogP contribution in [0.2, 0.25) is 10.0 Å². The van der Waals surface area contributed by atoms with Crippen LogP contribution < -0.4 is 16.0 Å². The van der Waals surface area contributed by atoms with Crippen molar-refractivity contribution >= 4 is 58.5 Å². The van der Waals surface area contributed by atoms with Gasteiger partial charge in [-0.1, -0.05) is 55.2 Å². The van der Waals surface area contributed by atoms with Gasteiger partial charge in [0, 0.05) is 18.0 Å². The second kappa shape index (κ2) is 12.9. The molecule has 0 bridgehead atoms. The molecular weight excluding hydrogens is 581 g/mol. The van der Waals surface area contributed by atoms with Gasteiger partial charge in [0.1, 0.15) is 11.6 Å². The summed E-state index contributed by atoms with van der Waals surface area (Å²) in [5.74, 6) is -1.76. The molecule has 3 atom stereocenters. The standard InChI is InChI=1S/C31H39Cl2N3O6/c1-29(2,3)42-27(39)31(6)16-15-20(30(31,4)5)25(37)35-23(26(38)41-7)17-18-11-13-19(14-12-18)34-28(40)36-24-21(32)9-8-10-22(24)33/h8-14,20,23H,15-17H2,1-7H3,(H,35,37)(H2,34,36,40)/t20-,23+,31+/m1/s1. The molecule has 0 unspecified atom stereocenters. The molecule has 1 saturated carbocycles. The molecule has 11 heteroatoms. The van der Waals surface area contributed by atoms with E-state index in [0.29, 0.717) is 34.3 Å². The Kier molecular flexibility index (Phi) is 10.2. The Morgan fingerprint density at radius 2 is 1.57 bits per heavy atom. The second-order valence-electron chi connectivity index (χ2n) is 12.3. The Labute approximate surface area is 257 Å². The summed E-state index contributed by atoms with van der Waals surface area (Å²) < 4.78 is 10.7. The lowest BCUT2D eigenvalue weighted by Gasteiger charge is -2.40. The average Bonchev–Trinajstić information content (AvgIpc) is 3.15. The van der Waals surface area contributed by atoms with Crippen LogP contribution in [-0.2, 0) is 30.3 Å². The van der Waals surface area contributed by atoms with Crippen LogP contribution in [0.15, 0.2) is 42.5 Å². The first kappa shape index (κ1) is 33.2. The topological polar surface area (TPSA) is 123 Å². The highest BCUT2D eigenvalue weighted by Gasteiger charge is 2.59. The Hall–Kier alpha value is -3.30. The zero-order chi connectivity index (χ0) is 31.5. The maximum Gasteiger partial charge on any atom is 0.328 e. The third kappa shape index (κ3) is 7.55. The zero-order valence-corrected chi connectivity index (χ0v) is 26.5. The molecule has 0 spiro atoms. The normalized spacial score (nSPS) is 20.3. The van der Waals surface area contributed by atoms with Crippen LogP contribution in [0.1, 0.15) is 59.9 Å². The Balaban J connectivity index is 1.67. The van der Waals surface area contributed by atoms with Crippen molar-refractivity contribution in [3.05, 3.63) is 58.1 Å². The first-order valence-corrected chi connectivity index (χ1v) is 14.5. The molecule has 228 valence electrons. The summed E-state index contributed by atoms with van der Waals surface area (Å²) in [4.78, 5) is 51.8. The van der Waals surface area contributed by atoms with Gasteiger partial charge in [-0.3, -0.25) is 9.59 Å². The predicted molar refractivity (Wildman–Crippen MR) is 164 cm³/mol. The number of esters is 2. The van der Waals surface area contributed by atoms with Crippen molar-refractivity contribution in [3.8, 4) is 0 Å². The quantitative estimate of drug-likeness (QED) is 0.285. The number of rotatable bonds is 8. The summed E-state index contributed by atoms with van der Waals surface area (Å²) in [6.07, 6.45) is 1.13. The van der Waals surface area contributed by atoms with E-state index in [1.165, 1.54) is 7.11 Å². The third-order valence-electron chi connectivity index (χ3n) is 8.05. The number of anilines is 2. The van der Waals surface area contributed by atoms with Crippen molar-refractivity contribution in [2.75, 3.05) is 17.7 Å². The van der Waals surface area contributed by atoms with E-state index in [0.717, 1.165) is 5.56 Å². The van der Waals surface area contributed by atoms with E-state index in [9.17, 15) is 19.2 Å². The predicted octanol–water partition coefficient (Wildman–Crippen LogP) is 6.62. The lowest BCUT2D eigenvalue weighted by molar-refractivity contribution is -0.173. The molecule has 2 aromatic rings. The van der Waals surface area contributed by atoms with Crippen LogP contribution >= 0.6 is 23.2 Å². The number of nitrogens with one attached hydrogen (secondary N) is 3. The first-order valence-electron chi connectivity index (χ1n) is 13.7. The molecule has 3 amide bonds. The minimum atomic E-state index is -0.948. The zero-order valence-electron chi connectivity index (χ0n) is 25.0. The Morgan fingerprint density at radius 3 is 2.12 bits per heavy atom. The second-order valence-corrected chi connectivity index (χ2v) is 13.1. The van der Waals surface area contributed by atoms with Crippen molar-refractivity contribution in [2.24, 2.45) is 16.7 Å². The van der Waals surface area contributed by atoms with Crippen molar-refractivity contribution in [1.29, 1.82) is 0 Å². The fourth-order valence-corrected chi connectivity index (χ4v) is 5.67. The van der Waals surface area contributed by atoms with Crippen LogP contribution in [0.3, 0.4) is 0 Å². The molecule has 0 heterocycles. The molecule has 2 aromatic carbocycles. The fourth-order valence-electron chi connectivity index (χ4n) is 5.18. The van der Waals surface area contributed by atoms with Crippen LogP contribution in [0.5, 0.6) is 0 Å². The van der Waals surface area contributed by atoms with Crippen LogP contribution in [0, 0.1) is 16.7 Å². The number of amides is 3. The monoisotopic (exact) mass is 619 g/mol. The number of methoxy groups -OCH3 is 1. The lowest BCUT2D eigenvalue weighted by Crippen LogP contribution is -2.51. The maximum absolute atomic E-state index is 13.5. The summed E-state index contributed by atoms with van der Waals surface area (Å²) >= 11 is 12.2. The third-order valence-corrected chi connectivity index (χ3v) is 8.68. The largest absolute Gasteiger partial charge is 0.467 e. The molecule has 1 fully saturated rings. The highest BCUT2D eigenvalue weighted by Crippen LogP contribution is 2.57. The molecule has 0 radical (unpaired) electrons. The van der Waals surface area contributed by atoms with E-state index in [1.54, 1.807) is 42.5 Å². The molecule has 1 aliphatic carbocycles. The van der Waals surface area contributed by atoms with Gasteiger partial charge in [-0.05, 0) is 75.8 Å². The molecule has 0 aromatic heterocycles. The minimum absolute atomic E-state index is 0.163. The van der Waals surface area contributed by atoms with Crippen molar-refractivity contribution in [2.45, 2.75) is 72.4 Å². The number of benzene rings is 2. The van der Waals surface area contributed by atoms with E-state index < -0.39 is 40.4 Å². The van der Waals surface area contributed by atoms with Crippen LogP contribution in [-0.4, -0.2) is 42.6 Å². The lowest BCUT2D eigenvalue weighted by atomic mass is 9.65. The number of carbonyl (C=O) groups is 4. The molecule has 0 aliphatic heterocycles. The van der Waals surface area contributed by atoms with Gasteiger partial charge in [0.15, 0.2) is 0 Å². The first-order chi connectivity index (χ1) is 19.5. The summed E-state index contributed by atoms with van der Waals surface area (Å²) in [6.45, 7) is 11.1. The van der Waals surface area contributed by atoms with Crippen LogP contribution in [0.4, 0.5) is 16.2 Å². The van der Waals surface area contributed by atoms with E-state index in [-0.39, 0.29) is 18.3 Å². The molecule has 3 rings (SSSR count). The highest BCUT2D eigenvalue weighted by molar-refractivity contribution is 6.39. The Morgan fingerprint density at radius 1 is 0.976 bits per heavy atom. The Bertz CT molecular complexity index is 1320. The van der Waals surface area contributed by atoms with Gasteiger partial charge in [0.25, 0.3) is 0 Å². The fraction of sp³-hybridized carbons (Fsp3) is 0.484. The molecule has 0 saturated heterocycles. The van der Waals surface area contributed by atoms with E-state index in [4.69, 9.17) is 32.7 Å². The summed E-state index contributed by atoms with van der Waals surface area (Å²) in [5.41, 5.74) is -0.715. The number of carbonyl (C=O) groups excluding carboxylic acids is 4.